The molecule has 4 nitrogen and oxygen atoms in total. The van der Waals surface area contributed by atoms with Crippen LogP contribution < -0.4 is 9.80 Å². The molecule has 2 aromatic heterocycles. The van der Waals surface area contributed by atoms with Crippen LogP contribution in [0.4, 0.5) is 34.1 Å². The molecule has 0 saturated heterocycles. The Labute approximate surface area is 537 Å². The van der Waals surface area contributed by atoms with Crippen LogP contribution in [-0.4, -0.2) is 0 Å². The fourth-order valence-corrected chi connectivity index (χ4v) is 16.2. The molecule has 2 heterocycles. The van der Waals surface area contributed by atoms with Crippen LogP contribution in [0.3, 0.4) is 0 Å². The summed E-state index contributed by atoms with van der Waals surface area (Å²) in [6.45, 7) is 25.6. The summed E-state index contributed by atoms with van der Waals surface area (Å²) in [5.74, 6) is 2.26. The second kappa shape index (κ2) is 23.6. The third-order valence-corrected chi connectivity index (χ3v) is 20.9. The van der Waals surface area contributed by atoms with Crippen molar-refractivity contribution in [3.05, 3.63) is 245 Å². The molecule has 4 heteroatoms. The lowest BCUT2D eigenvalue weighted by molar-refractivity contribution is 0.669. The molecule has 454 valence electrons. The van der Waals surface area contributed by atoms with E-state index in [4.69, 9.17) is 15.4 Å². The van der Waals surface area contributed by atoms with Crippen LogP contribution in [0.5, 0.6) is 0 Å². The van der Waals surface area contributed by atoms with Crippen molar-refractivity contribution in [2.24, 2.45) is 0 Å². The maximum absolute atomic E-state index is 7.51. The van der Waals surface area contributed by atoms with Crippen LogP contribution in [0.15, 0.2) is 210 Å². The number of nitrogens with zero attached hydrogens (tertiary/aromatic N) is 2. The Hall–Kier alpha value is -9.12. The van der Waals surface area contributed by atoms with Gasteiger partial charge in [-0.25, -0.2) is 0 Å². The number of hydrogen-bond donors (Lipinski definition) is 0. The van der Waals surface area contributed by atoms with Gasteiger partial charge in [0.05, 0.1) is 22.7 Å². The highest BCUT2D eigenvalue weighted by Crippen LogP contribution is 2.55. The Bertz CT molecular complexity index is 4940. The minimum absolute atomic E-state index is 0.345. The van der Waals surface area contributed by atoms with Crippen LogP contribution in [0, 0.1) is 6.92 Å². The van der Waals surface area contributed by atoms with Gasteiger partial charge in [-0.05, 0) is 183 Å². The first-order chi connectivity index (χ1) is 44.4. The summed E-state index contributed by atoms with van der Waals surface area (Å²) in [5.41, 5.74) is 25.3. The Kier molecular flexibility index (Phi) is 15.1. The predicted octanol–water partition coefficient (Wildman–Crippen LogP) is 26.8. The van der Waals surface area contributed by atoms with Gasteiger partial charge in [-0.1, -0.05) is 239 Å². The van der Waals surface area contributed by atoms with E-state index in [-0.39, 0.29) is 0 Å². The van der Waals surface area contributed by atoms with Gasteiger partial charge in [0.2, 0.25) is 0 Å². The molecule has 2 saturated carbocycles. The van der Waals surface area contributed by atoms with Gasteiger partial charge in [0.15, 0.2) is 11.2 Å². The molecule has 15 rings (SSSR count). The number of aryl methyl sites for hydroxylation is 1. The molecule has 2 fully saturated rings. The second-order valence-electron chi connectivity index (χ2n) is 27.6. The summed E-state index contributed by atoms with van der Waals surface area (Å²) >= 11 is 0. The van der Waals surface area contributed by atoms with Gasteiger partial charge < -0.3 is 18.6 Å². The van der Waals surface area contributed by atoms with Crippen molar-refractivity contribution in [2.75, 3.05) is 9.80 Å². The van der Waals surface area contributed by atoms with Gasteiger partial charge in [-0.15, -0.1) is 0 Å². The first-order valence-electron chi connectivity index (χ1n) is 33.9. The maximum atomic E-state index is 7.51. The number of rotatable bonds is 15. The topological polar surface area (TPSA) is 32.8 Å². The zero-order valence-electron chi connectivity index (χ0n) is 54.6. The Morgan fingerprint density at radius 3 is 1.24 bits per heavy atom. The molecule has 0 unspecified atom stereocenters. The predicted molar refractivity (Wildman–Crippen MR) is 390 cm³/mol. The van der Waals surface area contributed by atoms with E-state index < -0.39 is 0 Å². The van der Waals surface area contributed by atoms with Gasteiger partial charge in [-0.3, -0.25) is 0 Å². The summed E-state index contributed by atoms with van der Waals surface area (Å²) < 4.78 is 15.0. The molecule has 0 amide bonds. The number of para-hydroxylation sites is 4. The summed E-state index contributed by atoms with van der Waals surface area (Å²) in [6.07, 6.45) is 11.7. The van der Waals surface area contributed by atoms with Gasteiger partial charge in [0.25, 0.3) is 0 Å². The number of furan rings is 2. The van der Waals surface area contributed by atoms with Crippen molar-refractivity contribution in [1.29, 1.82) is 0 Å². The quantitative estimate of drug-likeness (QED) is 0.0958. The molecular formula is C87H84N2O2. The van der Waals surface area contributed by atoms with Crippen LogP contribution in [0.25, 0.3) is 93.8 Å². The number of fused-ring (bicyclic) bond motifs is 9. The lowest BCUT2D eigenvalue weighted by Crippen LogP contribution is -2.14. The van der Waals surface area contributed by atoms with E-state index >= 15 is 0 Å². The first kappa shape index (κ1) is 58.3. The highest BCUT2D eigenvalue weighted by Gasteiger charge is 2.32. The molecule has 0 aliphatic heterocycles. The van der Waals surface area contributed by atoms with Crippen molar-refractivity contribution in [2.45, 2.75) is 149 Å². The van der Waals surface area contributed by atoms with Crippen molar-refractivity contribution in [3.8, 4) is 22.3 Å². The van der Waals surface area contributed by atoms with E-state index in [0.717, 1.165) is 108 Å². The largest absolute Gasteiger partial charge is 0.453 e. The molecule has 91 heavy (non-hydrogen) atoms. The molecule has 11 aromatic carbocycles. The Morgan fingerprint density at radius 1 is 0.374 bits per heavy atom. The molecular weight excluding hydrogens is 1100 g/mol. The number of hydrogen-bond acceptors (Lipinski definition) is 4. The molecule has 0 N–H and O–H groups in total. The SMILES string of the molecule is C=Cc1c(N(c2ccc(C(C)C)cc2)c2cccc3c2oc2c(-c4ccccc4C(C)C)cccc23)cc(C2CCCC2)c2ccc3c(N(c4ccc(C(C)C)cc4)c4cccc5c4oc4c(-c6ccccc6C(C)C)cccc45)cc(C4CCCC4)c(C)c3c12. The van der Waals surface area contributed by atoms with E-state index in [1.165, 1.54) is 110 Å². The number of anilines is 6. The van der Waals surface area contributed by atoms with Crippen molar-refractivity contribution < 1.29 is 8.83 Å². The average Bonchev–Trinajstić information content (AvgIpc) is 1.67. The average molecular weight is 1190 g/mol. The summed E-state index contributed by atoms with van der Waals surface area (Å²) in [6, 6.07) is 73.5. The van der Waals surface area contributed by atoms with Gasteiger partial charge in [0, 0.05) is 55.0 Å². The molecule has 0 atom stereocenters. The minimum Gasteiger partial charge on any atom is -0.453 e. The fourth-order valence-electron chi connectivity index (χ4n) is 16.2. The first-order valence-corrected chi connectivity index (χ1v) is 33.9. The van der Waals surface area contributed by atoms with E-state index in [1.807, 2.05) is 0 Å². The Balaban J connectivity index is 1.04. The Morgan fingerprint density at radius 2 is 0.780 bits per heavy atom. The van der Waals surface area contributed by atoms with Gasteiger partial charge >= 0.3 is 0 Å². The third-order valence-electron chi connectivity index (χ3n) is 20.9. The third kappa shape index (κ3) is 9.86. The summed E-state index contributed by atoms with van der Waals surface area (Å²) in [5, 5.41) is 9.54. The van der Waals surface area contributed by atoms with Gasteiger partial charge in [0.1, 0.15) is 11.2 Å². The monoisotopic (exact) mass is 1190 g/mol. The molecule has 2 aliphatic carbocycles. The van der Waals surface area contributed by atoms with E-state index in [2.05, 4.69) is 272 Å². The normalized spacial score (nSPS) is 14.2. The molecule has 2 aliphatic rings. The van der Waals surface area contributed by atoms with Crippen LogP contribution in [-0.2, 0) is 0 Å². The highest BCUT2D eigenvalue weighted by atomic mass is 16.3. The molecule has 0 spiro atoms. The lowest BCUT2D eigenvalue weighted by Gasteiger charge is -2.32. The maximum Gasteiger partial charge on any atom is 0.159 e. The standard InChI is InChI=1S/C87H84N2O2/c1-11-63-80(88(61-44-40-57(41-45-61)52(2)3)78-38-22-36-73-71-34-20-32-69(84(71)90-86(73)78)66-30-18-16-28-64(66)54(6)7)51-77(60-26-14-15-27-60)68-48-49-75-81(50-76(59-24-12-13-25-59)56(10)82(75)83(63)68)89(62-46-42-58(43-47-62)53(4)5)79-39-23-37-74-72-35-21-33-70(85(72)91-87(74)79)67-31-19-17-29-65(67)55(8)9/h11,16-23,28-55,59-60H,1,12-15,24-27H2,2-10H3. The van der Waals surface area contributed by atoms with Crippen LogP contribution in [0.2, 0.25) is 0 Å². The number of benzene rings is 11. The molecule has 0 bridgehead atoms. The molecule has 0 radical (unpaired) electrons. The van der Waals surface area contributed by atoms with E-state index in [0.29, 0.717) is 35.5 Å². The summed E-state index contributed by atoms with van der Waals surface area (Å²) in [7, 11) is 0. The van der Waals surface area contributed by atoms with Crippen LogP contribution >= 0.6 is 0 Å². The van der Waals surface area contributed by atoms with Crippen LogP contribution in [0.1, 0.15) is 187 Å². The van der Waals surface area contributed by atoms with Gasteiger partial charge in [-0.2, -0.15) is 0 Å². The van der Waals surface area contributed by atoms with Crippen molar-refractivity contribution in [1.82, 2.24) is 0 Å². The second-order valence-corrected chi connectivity index (χ2v) is 27.6. The highest BCUT2D eigenvalue weighted by molar-refractivity contribution is 6.22. The van der Waals surface area contributed by atoms with E-state index in [9.17, 15) is 0 Å². The van der Waals surface area contributed by atoms with Crippen molar-refractivity contribution in [3.63, 3.8) is 0 Å². The zero-order chi connectivity index (χ0) is 62.3. The molecule has 13 aromatic rings. The minimum atomic E-state index is 0.345. The zero-order valence-corrected chi connectivity index (χ0v) is 54.6. The van der Waals surface area contributed by atoms with Crippen molar-refractivity contribution >= 4 is 106 Å². The van der Waals surface area contributed by atoms with E-state index in [1.54, 1.807) is 0 Å². The summed E-state index contributed by atoms with van der Waals surface area (Å²) in [4.78, 5) is 5.08. The smallest absolute Gasteiger partial charge is 0.159 e. The fraction of sp³-hybridized carbons (Fsp3) is 0.264. The lowest BCUT2D eigenvalue weighted by atomic mass is 9.82.